The van der Waals surface area contributed by atoms with E-state index in [0.29, 0.717) is 19.3 Å². The van der Waals surface area contributed by atoms with Gasteiger partial charge in [-0.05, 0) is 70.6 Å². The lowest BCUT2D eigenvalue weighted by molar-refractivity contribution is -0.167. The van der Waals surface area contributed by atoms with E-state index in [-0.39, 0.29) is 31.1 Å². The van der Waals surface area contributed by atoms with Crippen LogP contribution in [0, 0.1) is 0 Å². The van der Waals surface area contributed by atoms with E-state index in [1.54, 1.807) is 0 Å². The monoisotopic (exact) mass is 1110 g/mol. The van der Waals surface area contributed by atoms with Gasteiger partial charge in [-0.2, -0.15) is 0 Å². The standard InChI is InChI=1S/C73H136O6/c1-4-7-10-13-16-19-22-24-26-28-29-30-31-32-33-34-35-36-37-38-39-40-41-42-43-45-46-48-51-54-57-60-63-66-72(75)78-69-70(68-77-71(74)65-62-59-56-53-50-21-18-15-12-9-6-3)79-73(76)67-64-61-58-55-52-49-47-44-27-25-23-20-17-14-11-8-5-2/h15,18,22,24,28-29,70H,4-14,16-17,19-21,23,25-27,30-69H2,1-3H3/b18-15-,24-22-,29-28-. The van der Waals surface area contributed by atoms with Crippen LogP contribution in [0.2, 0.25) is 0 Å². The molecule has 0 radical (unpaired) electrons. The number of esters is 3. The number of ether oxygens (including phenoxy) is 3. The van der Waals surface area contributed by atoms with Crippen molar-refractivity contribution < 1.29 is 28.6 Å². The molecule has 6 nitrogen and oxygen atoms in total. The van der Waals surface area contributed by atoms with Crippen molar-refractivity contribution in [2.45, 2.75) is 399 Å². The van der Waals surface area contributed by atoms with E-state index >= 15 is 0 Å². The van der Waals surface area contributed by atoms with Crippen molar-refractivity contribution >= 4 is 17.9 Å². The first-order valence-electron chi connectivity index (χ1n) is 35.5. The van der Waals surface area contributed by atoms with Gasteiger partial charge in [-0.15, -0.1) is 0 Å². The third-order valence-corrected chi connectivity index (χ3v) is 16.1. The number of carbonyl (C=O) groups excluding carboxylic acids is 3. The summed E-state index contributed by atoms with van der Waals surface area (Å²) in [6.45, 7) is 6.65. The van der Waals surface area contributed by atoms with E-state index in [1.165, 1.54) is 283 Å². The van der Waals surface area contributed by atoms with Crippen LogP contribution in [0.5, 0.6) is 0 Å². The van der Waals surface area contributed by atoms with E-state index in [4.69, 9.17) is 14.2 Å². The van der Waals surface area contributed by atoms with Gasteiger partial charge in [-0.25, -0.2) is 0 Å². The largest absolute Gasteiger partial charge is 0.462 e. The van der Waals surface area contributed by atoms with E-state index in [0.717, 1.165) is 70.6 Å². The van der Waals surface area contributed by atoms with Crippen molar-refractivity contribution in [3.8, 4) is 0 Å². The fraction of sp³-hybridized carbons (Fsp3) is 0.877. The minimum Gasteiger partial charge on any atom is -0.462 e. The molecule has 79 heavy (non-hydrogen) atoms. The van der Waals surface area contributed by atoms with Gasteiger partial charge in [0.15, 0.2) is 6.10 Å². The Kier molecular flexibility index (Phi) is 66.1. The van der Waals surface area contributed by atoms with Crippen molar-refractivity contribution in [3.05, 3.63) is 36.5 Å². The fourth-order valence-corrected chi connectivity index (χ4v) is 10.8. The van der Waals surface area contributed by atoms with Gasteiger partial charge >= 0.3 is 17.9 Å². The Morgan fingerprint density at radius 1 is 0.253 bits per heavy atom. The van der Waals surface area contributed by atoms with E-state index < -0.39 is 6.10 Å². The van der Waals surface area contributed by atoms with Gasteiger partial charge in [0, 0.05) is 19.3 Å². The highest BCUT2D eigenvalue weighted by Crippen LogP contribution is 2.19. The summed E-state index contributed by atoms with van der Waals surface area (Å²) in [6, 6.07) is 0. The molecule has 0 aromatic heterocycles. The van der Waals surface area contributed by atoms with Gasteiger partial charge in [0.05, 0.1) is 0 Å². The average Bonchev–Trinajstić information content (AvgIpc) is 3.45. The molecule has 0 N–H and O–H groups in total. The van der Waals surface area contributed by atoms with Crippen LogP contribution in [0.25, 0.3) is 0 Å². The van der Waals surface area contributed by atoms with E-state index in [2.05, 4.69) is 57.2 Å². The van der Waals surface area contributed by atoms with Crippen LogP contribution in [-0.4, -0.2) is 37.2 Å². The highest BCUT2D eigenvalue weighted by Gasteiger charge is 2.19. The van der Waals surface area contributed by atoms with Gasteiger partial charge < -0.3 is 14.2 Å². The molecule has 0 saturated carbocycles. The van der Waals surface area contributed by atoms with Crippen LogP contribution < -0.4 is 0 Å². The number of rotatable bonds is 66. The fourth-order valence-electron chi connectivity index (χ4n) is 10.8. The van der Waals surface area contributed by atoms with Crippen LogP contribution in [0.3, 0.4) is 0 Å². The molecule has 0 heterocycles. The average molecular weight is 1110 g/mol. The predicted octanol–water partition coefficient (Wildman–Crippen LogP) is 24.3. The smallest absolute Gasteiger partial charge is 0.306 e. The van der Waals surface area contributed by atoms with Crippen LogP contribution in [0.4, 0.5) is 0 Å². The summed E-state index contributed by atoms with van der Waals surface area (Å²) in [6.07, 6.45) is 84.8. The maximum Gasteiger partial charge on any atom is 0.306 e. The second-order valence-corrected chi connectivity index (χ2v) is 24.1. The van der Waals surface area contributed by atoms with Gasteiger partial charge in [0.2, 0.25) is 0 Å². The van der Waals surface area contributed by atoms with Gasteiger partial charge in [-0.3, -0.25) is 14.4 Å². The molecule has 6 heteroatoms. The maximum atomic E-state index is 12.9. The van der Waals surface area contributed by atoms with Crippen LogP contribution >= 0.6 is 0 Å². The lowest BCUT2D eigenvalue weighted by Crippen LogP contribution is -2.30. The lowest BCUT2D eigenvalue weighted by Gasteiger charge is -2.18. The highest BCUT2D eigenvalue weighted by molar-refractivity contribution is 5.71. The molecular weight excluding hydrogens is 973 g/mol. The minimum atomic E-state index is -0.771. The first kappa shape index (κ1) is 76.6. The second-order valence-electron chi connectivity index (χ2n) is 24.1. The number of unbranched alkanes of at least 4 members (excludes halogenated alkanes) is 49. The Bertz CT molecular complexity index is 1320. The Labute approximate surface area is 493 Å². The van der Waals surface area contributed by atoms with Crippen LogP contribution in [0.1, 0.15) is 393 Å². The topological polar surface area (TPSA) is 78.9 Å². The Morgan fingerprint density at radius 2 is 0.468 bits per heavy atom. The Balaban J connectivity index is 4.06. The molecule has 1 unspecified atom stereocenters. The summed E-state index contributed by atoms with van der Waals surface area (Å²) < 4.78 is 16.9. The molecule has 0 amide bonds. The zero-order valence-electron chi connectivity index (χ0n) is 53.4. The van der Waals surface area contributed by atoms with E-state index in [1.807, 2.05) is 0 Å². The summed E-state index contributed by atoms with van der Waals surface area (Å²) in [4.78, 5) is 38.3. The Hall–Kier alpha value is -2.37. The molecule has 0 aromatic carbocycles. The van der Waals surface area contributed by atoms with Crippen LogP contribution in [0.15, 0.2) is 36.5 Å². The number of hydrogen-bond donors (Lipinski definition) is 0. The number of carbonyl (C=O) groups is 3. The number of hydrogen-bond acceptors (Lipinski definition) is 6. The molecule has 0 saturated heterocycles. The van der Waals surface area contributed by atoms with Crippen molar-refractivity contribution in [3.63, 3.8) is 0 Å². The number of allylic oxidation sites excluding steroid dienone is 6. The molecule has 0 fully saturated rings. The Morgan fingerprint density at radius 3 is 0.747 bits per heavy atom. The summed E-state index contributed by atoms with van der Waals surface area (Å²) >= 11 is 0. The molecule has 0 aliphatic heterocycles. The highest BCUT2D eigenvalue weighted by atomic mass is 16.6. The normalized spacial score (nSPS) is 12.2. The molecule has 0 bridgehead atoms. The van der Waals surface area contributed by atoms with E-state index in [9.17, 15) is 14.4 Å². The predicted molar refractivity (Wildman–Crippen MR) is 344 cm³/mol. The molecule has 0 rings (SSSR count). The second kappa shape index (κ2) is 68.1. The zero-order chi connectivity index (χ0) is 57.1. The van der Waals surface area contributed by atoms with Gasteiger partial charge in [0.25, 0.3) is 0 Å². The van der Waals surface area contributed by atoms with Crippen molar-refractivity contribution in [1.29, 1.82) is 0 Å². The summed E-state index contributed by atoms with van der Waals surface area (Å²) in [7, 11) is 0. The molecular formula is C73H136O6. The first-order chi connectivity index (χ1) is 39.0. The summed E-state index contributed by atoms with van der Waals surface area (Å²) in [5.41, 5.74) is 0. The first-order valence-corrected chi connectivity index (χ1v) is 35.5. The van der Waals surface area contributed by atoms with Gasteiger partial charge in [0.1, 0.15) is 13.2 Å². The summed E-state index contributed by atoms with van der Waals surface area (Å²) in [5, 5.41) is 0. The van der Waals surface area contributed by atoms with Gasteiger partial charge in [-0.1, -0.05) is 340 Å². The zero-order valence-corrected chi connectivity index (χ0v) is 53.4. The molecule has 0 aliphatic rings. The molecule has 464 valence electrons. The SMILES string of the molecule is CCCC/C=C\CCCCCCCC(=O)OCC(COC(=O)CCCCCCCCCCCCCCCCCCCCCCC/C=C\C/C=C\CCCCCCC)OC(=O)CCCCCCCCCCCCCCCCCCC. The molecule has 0 aliphatic carbocycles. The van der Waals surface area contributed by atoms with Crippen molar-refractivity contribution in [1.82, 2.24) is 0 Å². The summed E-state index contributed by atoms with van der Waals surface area (Å²) in [5.74, 6) is -0.851. The third-order valence-electron chi connectivity index (χ3n) is 16.1. The molecule has 0 aromatic rings. The lowest BCUT2D eigenvalue weighted by atomic mass is 10.0. The van der Waals surface area contributed by atoms with Crippen LogP contribution in [-0.2, 0) is 28.6 Å². The quantitative estimate of drug-likeness (QED) is 0.0261. The van der Waals surface area contributed by atoms with Crippen molar-refractivity contribution in [2.24, 2.45) is 0 Å². The maximum absolute atomic E-state index is 12.9. The molecule has 1 atom stereocenters. The minimum absolute atomic E-state index is 0.0684. The van der Waals surface area contributed by atoms with Crippen molar-refractivity contribution in [2.75, 3.05) is 13.2 Å². The molecule has 0 spiro atoms. The third kappa shape index (κ3) is 66.3.